The Morgan fingerprint density at radius 2 is 1.92 bits per heavy atom. The lowest BCUT2D eigenvalue weighted by atomic mass is 9.86. The van der Waals surface area contributed by atoms with Gasteiger partial charge in [0.05, 0.1) is 37.4 Å². The van der Waals surface area contributed by atoms with Crippen LogP contribution in [-0.4, -0.2) is 36.5 Å². The largest absolute Gasteiger partial charge is 0.481 e. The van der Waals surface area contributed by atoms with Gasteiger partial charge in [-0.25, -0.2) is 4.42 Å². The fourth-order valence-corrected chi connectivity index (χ4v) is 3.39. The normalized spacial score (nSPS) is 22.4. The summed E-state index contributed by atoms with van der Waals surface area (Å²) in [5.74, 6) is -0.0572. The van der Waals surface area contributed by atoms with Crippen LogP contribution in [0.25, 0.3) is 0 Å². The van der Waals surface area contributed by atoms with E-state index in [0.717, 1.165) is 16.9 Å². The number of carbonyl (C=O) groups excluding carboxylic acids is 1. The minimum atomic E-state index is -0.764. The number of ether oxygens (including phenoxy) is 3. The minimum Gasteiger partial charge on any atom is -0.481 e. The third-order valence-corrected chi connectivity index (χ3v) is 4.56. The third kappa shape index (κ3) is 2.79. The fraction of sp³-hybridized carbons (Fsp3) is 0.350. The second-order valence-corrected chi connectivity index (χ2v) is 6.13. The molecule has 2 heterocycles. The topological polar surface area (TPSA) is 59.2 Å². The van der Waals surface area contributed by atoms with E-state index in [4.69, 9.17) is 18.6 Å². The molecule has 0 atom stereocenters. The van der Waals surface area contributed by atoms with Crippen LogP contribution in [0, 0.1) is 0 Å². The standard InChI is InChI=1S/C20H20O5/c1-2-22-18(21)8-7-17-15-5-3-4-6-16(15)19(25-17)9-11-20(12-10-19)23-13-14-24-20/h3-6,8-12H,2,7,13-14H2,1H3/p+1/b18-8+. The van der Waals surface area contributed by atoms with Gasteiger partial charge in [-0.3, -0.25) is 0 Å². The van der Waals surface area contributed by atoms with Crippen molar-refractivity contribution in [3.63, 3.8) is 0 Å². The molecule has 0 saturated carbocycles. The van der Waals surface area contributed by atoms with Crippen molar-refractivity contribution in [1.29, 1.82) is 0 Å². The summed E-state index contributed by atoms with van der Waals surface area (Å²) in [6.07, 6.45) is 9.85. The Bertz CT molecular complexity index is 765. The van der Waals surface area contributed by atoms with E-state index in [1.807, 2.05) is 49.4 Å². The van der Waals surface area contributed by atoms with Crippen LogP contribution in [0.15, 0.2) is 60.6 Å². The summed E-state index contributed by atoms with van der Waals surface area (Å²) in [5.41, 5.74) is 1.43. The first-order valence-corrected chi connectivity index (χ1v) is 8.52. The lowest BCUT2D eigenvalue weighted by Gasteiger charge is -2.24. The number of aliphatic hydroxyl groups excluding tert-OH is 1. The van der Waals surface area contributed by atoms with Gasteiger partial charge in [-0.15, -0.1) is 0 Å². The highest BCUT2D eigenvalue weighted by Gasteiger charge is 2.52. The molecule has 1 aliphatic carbocycles. The maximum absolute atomic E-state index is 9.71. The molecule has 0 aromatic heterocycles. The first kappa shape index (κ1) is 16.1. The number of hydrogen-bond donors (Lipinski definition) is 1. The van der Waals surface area contributed by atoms with E-state index < -0.39 is 11.4 Å². The van der Waals surface area contributed by atoms with Gasteiger partial charge in [-0.1, -0.05) is 12.1 Å². The molecule has 1 aromatic carbocycles. The third-order valence-electron chi connectivity index (χ3n) is 4.56. The van der Waals surface area contributed by atoms with Crippen LogP contribution in [0.4, 0.5) is 0 Å². The Balaban J connectivity index is 1.67. The molecule has 5 heteroatoms. The molecule has 0 unspecified atom stereocenters. The van der Waals surface area contributed by atoms with Crippen LogP contribution >= 0.6 is 0 Å². The number of benzene rings is 1. The molecular formula is C20H21O5+. The Morgan fingerprint density at radius 1 is 1.20 bits per heavy atom. The van der Waals surface area contributed by atoms with Crippen molar-refractivity contribution >= 4 is 5.78 Å². The van der Waals surface area contributed by atoms with Crippen molar-refractivity contribution in [2.45, 2.75) is 24.7 Å². The Hall–Kier alpha value is -2.37. The highest BCUT2D eigenvalue weighted by molar-refractivity contribution is 6.01. The van der Waals surface area contributed by atoms with Gasteiger partial charge in [-0.05, 0) is 31.2 Å². The molecule has 130 valence electrons. The van der Waals surface area contributed by atoms with E-state index in [1.165, 1.54) is 0 Å². The van der Waals surface area contributed by atoms with Gasteiger partial charge in [0.1, 0.15) is 0 Å². The maximum atomic E-state index is 9.71. The number of rotatable bonds is 4. The van der Waals surface area contributed by atoms with Crippen LogP contribution in [0.2, 0.25) is 0 Å². The molecule has 5 nitrogen and oxygen atoms in total. The molecule has 1 aromatic rings. The second-order valence-electron chi connectivity index (χ2n) is 6.13. The molecule has 1 fully saturated rings. The Labute approximate surface area is 146 Å². The van der Waals surface area contributed by atoms with Crippen molar-refractivity contribution in [2.75, 3.05) is 19.8 Å². The molecule has 2 spiro atoms. The van der Waals surface area contributed by atoms with E-state index in [0.29, 0.717) is 26.2 Å². The van der Waals surface area contributed by atoms with Gasteiger partial charge in [0, 0.05) is 18.2 Å². The van der Waals surface area contributed by atoms with Crippen molar-refractivity contribution in [2.24, 2.45) is 0 Å². The average Bonchev–Trinajstić information content (AvgIpc) is 3.21. The SMILES string of the molecule is CCO/C(O)=C/CC1=[O+]C2(C=CC3(C=C2)OCCO3)c2ccccc21. The van der Waals surface area contributed by atoms with Gasteiger partial charge in [0.25, 0.3) is 5.95 Å². The number of allylic oxidation sites excluding steroid dienone is 1. The smallest absolute Gasteiger partial charge is 0.344 e. The lowest BCUT2D eigenvalue weighted by molar-refractivity contribution is -0.353. The van der Waals surface area contributed by atoms with Crippen LogP contribution in [0.5, 0.6) is 0 Å². The van der Waals surface area contributed by atoms with E-state index in [-0.39, 0.29) is 5.95 Å². The van der Waals surface area contributed by atoms with E-state index in [2.05, 4.69) is 6.07 Å². The maximum Gasteiger partial charge on any atom is 0.344 e. The molecule has 2 aliphatic heterocycles. The molecule has 0 bridgehead atoms. The molecule has 25 heavy (non-hydrogen) atoms. The summed E-state index contributed by atoms with van der Waals surface area (Å²) >= 11 is 0. The summed E-state index contributed by atoms with van der Waals surface area (Å²) in [7, 11) is 0. The van der Waals surface area contributed by atoms with Crippen LogP contribution in [0.3, 0.4) is 0 Å². The van der Waals surface area contributed by atoms with Crippen molar-refractivity contribution in [3.8, 4) is 0 Å². The molecule has 0 radical (unpaired) electrons. The molecular weight excluding hydrogens is 320 g/mol. The number of hydrogen-bond acceptors (Lipinski definition) is 4. The molecule has 1 N–H and O–H groups in total. The summed E-state index contributed by atoms with van der Waals surface area (Å²) in [6.45, 7) is 3.41. The summed E-state index contributed by atoms with van der Waals surface area (Å²) in [4.78, 5) is 0. The van der Waals surface area contributed by atoms with E-state index in [1.54, 1.807) is 6.08 Å². The summed E-state index contributed by atoms with van der Waals surface area (Å²) in [5, 5.41) is 9.71. The van der Waals surface area contributed by atoms with Crippen molar-refractivity contribution in [1.82, 2.24) is 0 Å². The first-order chi connectivity index (χ1) is 12.2. The molecule has 4 rings (SSSR count). The number of aliphatic hydroxyl groups is 1. The quantitative estimate of drug-likeness (QED) is 0.519. The summed E-state index contributed by atoms with van der Waals surface area (Å²) in [6, 6.07) is 8.06. The van der Waals surface area contributed by atoms with Gasteiger partial charge < -0.3 is 19.3 Å². The van der Waals surface area contributed by atoms with Crippen LogP contribution in [0.1, 0.15) is 28.9 Å². The van der Waals surface area contributed by atoms with Gasteiger partial charge in [0.2, 0.25) is 5.79 Å². The molecule has 1 saturated heterocycles. The average molecular weight is 341 g/mol. The zero-order valence-corrected chi connectivity index (χ0v) is 14.1. The predicted octanol–water partition coefficient (Wildman–Crippen LogP) is 3.31. The van der Waals surface area contributed by atoms with Gasteiger partial charge in [0.15, 0.2) is 0 Å². The second kappa shape index (κ2) is 6.17. The lowest BCUT2D eigenvalue weighted by Crippen LogP contribution is -2.31. The highest BCUT2D eigenvalue weighted by Crippen LogP contribution is 2.42. The van der Waals surface area contributed by atoms with Crippen LogP contribution < -0.4 is 0 Å². The predicted molar refractivity (Wildman–Crippen MR) is 92.3 cm³/mol. The van der Waals surface area contributed by atoms with Gasteiger partial charge in [-0.2, -0.15) is 0 Å². The highest BCUT2D eigenvalue weighted by atomic mass is 16.7. The van der Waals surface area contributed by atoms with E-state index >= 15 is 0 Å². The summed E-state index contributed by atoms with van der Waals surface area (Å²) < 4.78 is 22.8. The van der Waals surface area contributed by atoms with Crippen molar-refractivity contribution in [3.05, 3.63) is 71.7 Å². The van der Waals surface area contributed by atoms with Crippen LogP contribution in [-0.2, 0) is 19.8 Å². The van der Waals surface area contributed by atoms with Crippen molar-refractivity contribution < 1.29 is 23.7 Å². The zero-order chi connectivity index (χ0) is 17.3. The monoisotopic (exact) mass is 341 g/mol. The Morgan fingerprint density at radius 3 is 2.64 bits per heavy atom. The van der Waals surface area contributed by atoms with E-state index in [9.17, 15) is 5.11 Å². The number of ketones is 1. The minimum absolute atomic E-state index is 0.0848. The first-order valence-electron chi connectivity index (χ1n) is 8.52. The zero-order valence-electron chi connectivity index (χ0n) is 14.1. The number of fused-ring (bicyclic) bond motifs is 2. The Kier molecular flexibility index (Phi) is 3.98. The van der Waals surface area contributed by atoms with Gasteiger partial charge >= 0.3 is 11.4 Å². The molecule has 3 aliphatic rings. The fourth-order valence-electron chi connectivity index (χ4n) is 3.39. The molecule has 0 amide bonds.